The summed E-state index contributed by atoms with van der Waals surface area (Å²) in [6.45, 7) is 5.91. The zero-order chi connectivity index (χ0) is 10.6. The fourth-order valence-corrected chi connectivity index (χ4v) is 1.63. The maximum atomic E-state index is 11.2. The molecule has 0 amide bonds. The standard InChI is InChI=1S/C9H15N3OS/c1-4-12(5-2)8-6-7-10-9(11-8)14(3)13/h6-7H,4-5H2,1-3H3. The van der Waals surface area contributed by atoms with Gasteiger partial charge in [0.25, 0.3) is 0 Å². The molecule has 5 heteroatoms. The molecule has 78 valence electrons. The van der Waals surface area contributed by atoms with Crippen LogP contribution in [-0.4, -0.2) is 33.5 Å². The Morgan fingerprint density at radius 2 is 2.07 bits per heavy atom. The lowest BCUT2D eigenvalue weighted by atomic mass is 10.4. The van der Waals surface area contributed by atoms with E-state index in [9.17, 15) is 4.21 Å². The smallest absolute Gasteiger partial charge is 0.220 e. The normalized spacial score (nSPS) is 12.5. The summed E-state index contributed by atoms with van der Waals surface area (Å²) in [7, 11) is -1.11. The van der Waals surface area contributed by atoms with Gasteiger partial charge in [0.2, 0.25) is 5.16 Å². The first-order valence-corrected chi connectivity index (χ1v) is 6.16. The lowest BCUT2D eigenvalue weighted by molar-refractivity contribution is 0.678. The third kappa shape index (κ3) is 2.51. The summed E-state index contributed by atoms with van der Waals surface area (Å²) in [5, 5.41) is 0.398. The van der Waals surface area contributed by atoms with E-state index in [2.05, 4.69) is 28.7 Å². The van der Waals surface area contributed by atoms with Crippen LogP contribution in [0.5, 0.6) is 0 Å². The van der Waals surface area contributed by atoms with Gasteiger partial charge >= 0.3 is 0 Å². The van der Waals surface area contributed by atoms with Gasteiger partial charge < -0.3 is 4.90 Å². The molecule has 0 radical (unpaired) electrons. The van der Waals surface area contributed by atoms with Crippen molar-refractivity contribution in [1.82, 2.24) is 9.97 Å². The maximum Gasteiger partial charge on any atom is 0.220 e. The van der Waals surface area contributed by atoms with E-state index in [1.807, 2.05) is 6.07 Å². The number of hydrogen-bond acceptors (Lipinski definition) is 4. The Morgan fingerprint density at radius 1 is 1.43 bits per heavy atom. The number of anilines is 1. The van der Waals surface area contributed by atoms with Gasteiger partial charge in [0.1, 0.15) is 5.82 Å². The quantitative estimate of drug-likeness (QED) is 0.702. The Labute approximate surface area is 86.8 Å². The summed E-state index contributed by atoms with van der Waals surface area (Å²) in [5.74, 6) is 0.843. The summed E-state index contributed by atoms with van der Waals surface area (Å²) in [5.41, 5.74) is 0. The van der Waals surface area contributed by atoms with Gasteiger partial charge in [-0.25, -0.2) is 9.97 Å². The molecule has 0 bridgehead atoms. The molecule has 0 N–H and O–H groups in total. The molecule has 1 aromatic rings. The van der Waals surface area contributed by atoms with Crippen molar-refractivity contribution in [2.75, 3.05) is 24.2 Å². The highest BCUT2D eigenvalue weighted by Gasteiger charge is 2.06. The Bertz CT molecular complexity index is 326. The Hall–Kier alpha value is -0.970. The van der Waals surface area contributed by atoms with Crippen molar-refractivity contribution < 1.29 is 4.21 Å². The van der Waals surface area contributed by atoms with Crippen LogP contribution in [0.15, 0.2) is 17.4 Å². The van der Waals surface area contributed by atoms with Gasteiger partial charge in [0.15, 0.2) is 0 Å². The fourth-order valence-electron chi connectivity index (χ4n) is 1.19. The molecule has 0 fully saturated rings. The van der Waals surface area contributed by atoms with Crippen LogP contribution < -0.4 is 4.90 Å². The minimum atomic E-state index is -1.11. The number of nitrogens with zero attached hydrogens (tertiary/aromatic N) is 3. The molecule has 0 aliphatic carbocycles. The van der Waals surface area contributed by atoms with E-state index in [1.165, 1.54) is 0 Å². The number of aromatic nitrogens is 2. The number of hydrogen-bond donors (Lipinski definition) is 0. The Kier molecular flexibility index (Phi) is 4.00. The molecule has 0 saturated carbocycles. The Balaban J connectivity index is 2.98. The number of rotatable bonds is 4. The molecule has 0 aliphatic rings. The van der Waals surface area contributed by atoms with Crippen molar-refractivity contribution in [3.63, 3.8) is 0 Å². The lowest BCUT2D eigenvalue weighted by Crippen LogP contribution is -2.23. The molecule has 1 unspecified atom stereocenters. The van der Waals surface area contributed by atoms with Crippen molar-refractivity contribution in [2.24, 2.45) is 0 Å². The average molecular weight is 213 g/mol. The molecule has 0 saturated heterocycles. The molecular formula is C9H15N3OS. The molecule has 1 rings (SSSR count). The SMILES string of the molecule is CCN(CC)c1ccnc(S(C)=O)n1. The van der Waals surface area contributed by atoms with Gasteiger partial charge in [-0.3, -0.25) is 4.21 Å². The van der Waals surface area contributed by atoms with E-state index in [4.69, 9.17) is 0 Å². The predicted molar refractivity (Wildman–Crippen MR) is 57.9 cm³/mol. The monoisotopic (exact) mass is 213 g/mol. The molecule has 1 atom stereocenters. The van der Waals surface area contributed by atoms with Crippen molar-refractivity contribution in [3.05, 3.63) is 12.3 Å². The lowest BCUT2D eigenvalue weighted by Gasteiger charge is -2.19. The molecule has 0 aliphatic heterocycles. The van der Waals surface area contributed by atoms with Crippen LogP contribution in [-0.2, 0) is 10.8 Å². The second-order valence-electron chi connectivity index (χ2n) is 2.82. The third-order valence-corrected chi connectivity index (χ3v) is 2.67. The minimum absolute atomic E-state index is 0.398. The molecule has 4 nitrogen and oxygen atoms in total. The van der Waals surface area contributed by atoms with E-state index in [0.717, 1.165) is 18.9 Å². The van der Waals surface area contributed by atoms with Gasteiger partial charge in [0, 0.05) is 25.5 Å². The van der Waals surface area contributed by atoms with Crippen LogP contribution in [0.25, 0.3) is 0 Å². The van der Waals surface area contributed by atoms with Crippen molar-refractivity contribution in [3.8, 4) is 0 Å². The average Bonchev–Trinajstić information content (AvgIpc) is 2.20. The van der Waals surface area contributed by atoms with E-state index >= 15 is 0 Å². The van der Waals surface area contributed by atoms with Crippen molar-refractivity contribution in [2.45, 2.75) is 19.0 Å². The van der Waals surface area contributed by atoms with Gasteiger partial charge in [-0.2, -0.15) is 0 Å². The second kappa shape index (κ2) is 5.05. The highest BCUT2D eigenvalue weighted by Crippen LogP contribution is 2.10. The summed E-state index contributed by atoms with van der Waals surface area (Å²) >= 11 is 0. The highest BCUT2D eigenvalue weighted by atomic mass is 32.2. The molecule has 0 aromatic carbocycles. The molecule has 14 heavy (non-hydrogen) atoms. The first-order valence-electron chi connectivity index (χ1n) is 4.60. The van der Waals surface area contributed by atoms with E-state index in [1.54, 1.807) is 12.5 Å². The topological polar surface area (TPSA) is 46.1 Å². The van der Waals surface area contributed by atoms with Crippen LogP contribution in [0.1, 0.15) is 13.8 Å². The van der Waals surface area contributed by atoms with Crippen LogP contribution >= 0.6 is 0 Å². The Morgan fingerprint density at radius 3 is 2.57 bits per heavy atom. The zero-order valence-electron chi connectivity index (χ0n) is 8.73. The van der Waals surface area contributed by atoms with E-state index in [-0.39, 0.29) is 0 Å². The van der Waals surface area contributed by atoms with Crippen LogP contribution in [0.4, 0.5) is 5.82 Å². The first kappa shape index (κ1) is 11.1. The van der Waals surface area contributed by atoms with Crippen molar-refractivity contribution in [1.29, 1.82) is 0 Å². The summed E-state index contributed by atoms with van der Waals surface area (Å²) < 4.78 is 11.2. The van der Waals surface area contributed by atoms with E-state index < -0.39 is 10.8 Å². The highest BCUT2D eigenvalue weighted by molar-refractivity contribution is 7.84. The third-order valence-electron chi connectivity index (χ3n) is 1.96. The van der Waals surface area contributed by atoms with Gasteiger partial charge in [-0.15, -0.1) is 0 Å². The first-order chi connectivity index (χ1) is 6.69. The zero-order valence-corrected chi connectivity index (χ0v) is 9.54. The van der Waals surface area contributed by atoms with Crippen LogP contribution in [0, 0.1) is 0 Å². The van der Waals surface area contributed by atoms with Crippen LogP contribution in [0.3, 0.4) is 0 Å². The summed E-state index contributed by atoms with van der Waals surface area (Å²) in [6, 6.07) is 1.84. The predicted octanol–water partition coefficient (Wildman–Crippen LogP) is 1.06. The van der Waals surface area contributed by atoms with Gasteiger partial charge in [0.05, 0.1) is 10.8 Å². The van der Waals surface area contributed by atoms with Gasteiger partial charge in [-0.05, 0) is 19.9 Å². The van der Waals surface area contributed by atoms with E-state index in [0.29, 0.717) is 5.16 Å². The second-order valence-corrected chi connectivity index (χ2v) is 4.10. The summed E-state index contributed by atoms with van der Waals surface area (Å²) in [6.07, 6.45) is 3.23. The fraction of sp³-hybridized carbons (Fsp3) is 0.556. The van der Waals surface area contributed by atoms with Crippen LogP contribution in [0.2, 0.25) is 0 Å². The largest absolute Gasteiger partial charge is 0.357 e. The minimum Gasteiger partial charge on any atom is -0.357 e. The van der Waals surface area contributed by atoms with Crippen molar-refractivity contribution >= 4 is 16.6 Å². The summed E-state index contributed by atoms with van der Waals surface area (Å²) in [4.78, 5) is 10.3. The molecular weight excluding hydrogens is 198 g/mol. The molecule has 0 spiro atoms. The van der Waals surface area contributed by atoms with Gasteiger partial charge in [-0.1, -0.05) is 0 Å². The maximum absolute atomic E-state index is 11.2. The molecule has 1 heterocycles. The molecule has 1 aromatic heterocycles.